The Morgan fingerprint density at radius 1 is 1.28 bits per heavy atom. The number of carbonyl (C=O) groups excluding carboxylic acids is 1. The van der Waals surface area contributed by atoms with Gasteiger partial charge in [0.2, 0.25) is 5.91 Å². The fourth-order valence-electron chi connectivity index (χ4n) is 2.47. The normalized spacial score (nSPS) is 13.0. The number of likely N-dealkylation sites (N-methyl/N-ethyl adjacent to an activating group) is 1. The molecule has 0 fully saturated rings. The number of amides is 1. The minimum Gasteiger partial charge on any atom is -0.348 e. The van der Waals surface area contributed by atoms with Crippen LogP contribution in [0.2, 0.25) is 4.34 Å². The number of hydrogen-bond donors (Lipinski definition) is 1. The van der Waals surface area contributed by atoms with Gasteiger partial charge in [0, 0.05) is 7.05 Å². The molecule has 25 heavy (non-hydrogen) atoms. The summed E-state index contributed by atoms with van der Waals surface area (Å²) in [7, 11) is -2.34. The van der Waals surface area contributed by atoms with Crippen LogP contribution in [-0.4, -0.2) is 32.2 Å². The number of benzene rings is 1. The molecule has 2 aromatic rings. The van der Waals surface area contributed by atoms with Crippen LogP contribution < -0.4 is 5.32 Å². The third-order valence-corrected chi connectivity index (χ3v) is 7.36. The Balaban J connectivity index is 2.05. The molecule has 0 saturated heterocycles. The van der Waals surface area contributed by atoms with E-state index in [1.54, 1.807) is 0 Å². The highest BCUT2D eigenvalue weighted by molar-refractivity contribution is 7.91. The number of carbonyl (C=O) groups is 1. The van der Waals surface area contributed by atoms with Crippen LogP contribution in [0.1, 0.15) is 29.7 Å². The predicted molar refractivity (Wildman–Crippen MR) is 102 cm³/mol. The second-order valence-corrected chi connectivity index (χ2v) is 9.96. The van der Waals surface area contributed by atoms with Crippen molar-refractivity contribution in [2.75, 3.05) is 13.6 Å². The van der Waals surface area contributed by atoms with Crippen LogP contribution in [0.3, 0.4) is 0 Å². The Morgan fingerprint density at radius 3 is 2.56 bits per heavy atom. The van der Waals surface area contributed by atoms with E-state index >= 15 is 0 Å². The summed E-state index contributed by atoms with van der Waals surface area (Å²) >= 11 is 6.77. The zero-order valence-corrected chi connectivity index (χ0v) is 16.9. The number of nitrogens with zero attached hydrogens (tertiary/aromatic N) is 1. The molecule has 1 heterocycles. The molecule has 1 aromatic carbocycles. The fourth-order valence-corrected chi connectivity index (χ4v) is 5.29. The summed E-state index contributed by atoms with van der Waals surface area (Å²) in [5.74, 6) is -0.359. The summed E-state index contributed by atoms with van der Waals surface area (Å²) in [5, 5.41) is 2.86. The number of rotatable bonds is 6. The molecule has 1 N–H and O–H groups in total. The highest BCUT2D eigenvalue weighted by Gasteiger charge is 2.25. The first-order valence-corrected chi connectivity index (χ1v) is 10.3. The first-order chi connectivity index (χ1) is 11.6. The monoisotopic (exact) mass is 400 g/mol. The predicted octanol–water partition coefficient (Wildman–Crippen LogP) is 3.52. The largest absolute Gasteiger partial charge is 0.348 e. The molecular weight excluding hydrogens is 380 g/mol. The van der Waals surface area contributed by atoms with Crippen molar-refractivity contribution in [3.8, 4) is 0 Å². The number of aryl methyl sites for hydroxylation is 2. The first-order valence-electron chi connectivity index (χ1n) is 7.69. The summed E-state index contributed by atoms with van der Waals surface area (Å²) < 4.78 is 26.4. The molecular formula is C17H21ClN2O3S2. The smallest absolute Gasteiger partial charge is 0.252 e. The lowest BCUT2D eigenvalue weighted by Crippen LogP contribution is -2.39. The Morgan fingerprint density at radius 2 is 1.96 bits per heavy atom. The third-order valence-electron chi connectivity index (χ3n) is 3.86. The van der Waals surface area contributed by atoms with Gasteiger partial charge in [-0.05, 0) is 44.0 Å². The molecule has 1 aromatic heterocycles. The molecule has 8 heteroatoms. The van der Waals surface area contributed by atoms with Crippen LogP contribution in [-0.2, 0) is 14.8 Å². The van der Waals surface area contributed by atoms with Gasteiger partial charge in [0.15, 0.2) is 0 Å². The average Bonchev–Trinajstić information content (AvgIpc) is 2.96. The topological polar surface area (TPSA) is 66.5 Å². The highest BCUT2D eigenvalue weighted by atomic mass is 35.5. The van der Waals surface area contributed by atoms with Crippen LogP contribution >= 0.6 is 22.9 Å². The number of nitrogens with one attached hydrogen (secondary N) is 1. The maximum Gasteiger partial charge on any atom is 0.252 e. The minimum atomic E-state index is -3.72. The van der Waals surface area contributed by atoms with Crippen molar-refractivity contribution >= 4 is 38.9 Å². The van der Waals surface area contributed by atoms with Gasteiger partial charge >= 0.3 is 0 Å². The summed E-state index contributed by atoms with van der Waals surface area (Å²) in [5.41, 5.74) is 3.20. The summed E-state index contributed by atoms with van der Waals surface area (Å²) in [6.45, 7) is 5.60. The molecule has 2 rings (SSSR count). The first kappa shape index (κ1) is 19.9. The van der Waals surface area contributed by atoms with E-state index < -0.39 is 10.0 Å². The molecule has 5 nitrogen and oxygen atoms in total. The van der Waals surface area contributed by atoms with Crippen LogP contribution in [0.5, 0.6) is 0 Å². The van der Waals surface area contributed by atoms with Crippen LogP contribution in [0.25, 0.3) is 0 Å². The van der Waals surface area contributed by atoms with Crippen molar-refractivity contribution in [2.24, 2.45) is 0 Å². The standard InChI is InChI=1S/C17H21ClN2O3S2/c1-11-5-6-12(2)14(9-11)13(3)19-16(21)10-20(4)25(22,23)17-8-7-15(18)24-17/h5-9,13H,10H2,1-4H3,(H,19,21). The molecule has 0 aliphatic heterocycles. The van der Waals surface area contributed by atoms with Gasteiger partial charge in [-0.2, -0.15) is 4.31 Å². The zero-order chi connectivity index (χ0) is 18.8. The number of thiophene rings is 1. The van der Waals surface area contributed by atoms with E-state index in [-0.39, 0.29) is 22.7 Å². The van der Waals surface area contributed by atoms with Crippen molar-refractivity contribution in [3.05, 3.63) is 51.4 Å². The molecule has 0 radical (unpaired) electrons. The molecule has 0 spiro atoms. The van der Waals surface area contributed by atoms with Crippen molar-refractivity contribution in [1.82, 2.24) is 9.62 Å². The van der Waals surface area contributed by atoms with Gasteiger partial charge in [-0.1, -0.05) is 35.4 Å². The van der Waals surface area contributed by atoms with E-state index in [1.807, 2.05) is 39.0 Å². The molecule has 1 unspecified atom stereocenters. The van der Waals surface area contributed by atoms with E-state index in [1.165, 1.54) is 19.2 Å². The Kier molecular flexibility index (Phi) is 6.26. The molecule has 0 saturated carbocycles. The van der Waals surface area contributed by atoms with Crippen molar-refractivity contribution < 1.29 is 13.2 Å². The quantitative estimate of drug-likeness (QED) is 0.806. The number of halogens is 1. The lowest BCUT2D eigenvalue weighted by atomic mass is 10.00. The summed E-state index contributed by atoms with van der Waals surface area (Å²) in [6.07, 6.45) is 0. The van der Waals surface area contributed by atoms with E-state index in [0.717, 1.165) is 32.3 Å². The van der Waals surface area contributed by atoms with Crippen LogP contribution in [0.4, 0.5) is 0 Å². The Labute approximate surface area is 157 Å². The molecule has 0 aliphatic carbocycles. The van der Waals surface area contributed by atoms with Gasteiger partial charge in [0.05, 0.1) is 16.9 Å². The Hall–Kier alpha value is -1.41. The van der Waals surface area contributed by atoms with Gasteiger partial charge in [-0.15, -0.1) is 11.3 Å². The molecule has 1 atom stereocenters. The van der Waals surface area contributed by atoms with E-state index in [2.05, 4.69) is 5.32 Å². The number of sulfonamides is 1. The van der Waals surface area contributed by atoms with Crippen molar-refractivity contribution in [3.63, 3.8) is 0 Å². The molecule has 0 aliphatic rings. The Bertz CT molecular complexity index is 878. The van der Waals surface area contributed by atoms with Crippen molar-refractivity contribution in [2.45, 2.75) is 31.0 Å². The highest BCUT2D eigenvalue weighted by Crippen LogP contribution is 2.27. The third kappa shape index (κ3) is 4.82. The van der Waals surface area contributed by atoms with E-state index in [9.17, 15) is 13.2 Å². The minimum absolute atomic E-state index is 0.121. The van der Waals surface area contributed by atoms with Gasteiger partial charge < -0.3 is 5.32 Å². The average molecular weight is 401 g/mol. The van der Waals surface area contributed by atoms with Crippen molar-refractivity contribution in [1.29, 1.82) is 0 Å². The van der Waals surface area contributed by atoms with E-state index in [0.29, 0.717) is 4.34 Å². The molecule has 0 bridgehead atoms. The van der Waals surface area contributed by atoms with Crippen LogP contribution in [0, 0.1) is 13.8 Å². The molecule has 1 amide bonds. The van der Waals surface area contributed by atoms with Gasteiger partial charge in [-0.3, -0.25) is 4.79 Å². The second-order valence-electron chi connectivity index (χ2n) is 5.97. The van der Waals surface area contributed by atoms with Gasteiger partial charge in [0.25, 0.3) is 10.0 Å². The maximum atomic E-state index is 12.4. The van der Waals surface area contributed by atoms with Gasteiger partial charge in [-0.25, -0.2) is 8.42 Å². The maximum absolute atomic E-state index is 12.4. The van der Waals surface area contributed by atoms with Crippen LogP contribution in [0.15, 0.2) is 34.5 Å². The van der Waals surface area contributed by atoms with E-state index in [4.69, 9.17) is 11.6 Å². The SMILES string of the molecule is Cc1ccc(C)c(C(C)NC(=O)CN(C)S(=O)(=O)c2ccc(Cl)s2)c1. The summed E-state index contributed by atoms with van der Waals surface area (Å²) in [6, 6.07) is 8.80. The fraction of sp³-hybridized carbons (Fsp3) is 0.353. The number of hydrogen-bond acceptors (Lipinski definition) is 4. The molecule has 136 valence electrons. The lowest BCUT2D eigenvalue weighted by Gasteiger charge is -2.20. The lowest BCUT2D eigenvalue weighted by molar-refractivity contribution is -0.121. The zero-order valence-electron chi connectivity index (χ0n) is 14.5. The van der Waals surface area contributed by atoms with Gasteiger partial charge in [0.1, 0.15) is 4.21 Å². The summed E-state index contributed by atoms with van der Waals surface area (Å²) in [4.78, 5) is 12.3. The second kappa shape index (κ2) is 7.86.